The first-order chi connectivity index (χ1) is 24.9. The average Bonchev–Trinajstić information content (AvgIpc) is 3.77. The maximum absolute atomic E-state index is 15.3. The Bertz CT molecular complexity index is 2390. The second-order valence-corrected chi connectivity index (χ2v) is 22.9. The van der Waals surface area contributed by atoms with Gasteiger partial charge < -0.3 is 15.0 Å². The van der Waals surface area contributed by atoms with Crippen molar-refractivity contribution in [2.24, 2.45) is 5.73 Å². The molecular formula is C36H44N4O10S4. The molecule has 4 aromatic rings. The molecule has 2 aromatic heterocycles. The molecule has 0 saturated heterocycles. The van der Waals surface area contributed by atoms with Crippen LogP contribution in [-0.4, -0.2) is 70.1 Å². The van der Waals surface area contributed by atoms with Crippen LogP contribution in [0.4, 0.5) is 5.88 Å². The SMILES string of the molecule is COc1ccc(S(=O)(=O)C(C)(C)C(=O)N(c2cc(C(C)(C)C)no2)C(c2nc3c(s2)CCCC3)C(C)(C(N)=O)S(=O)(=O)c2ccc(S(C)(=O)=O)cc2)cc1. The predicted octanol–water partition coefficient (Wildman–Crippen LogP) is 4.76. The number of amides is 2. The molecule has 2 unspecified atom stereocenters. The zero-order valence-corrected chi connectivity index (χ0v) is 34.5. The molecule has 18 heteroatoms. The van der Waals surface area contributed by atoms with Crippen LogP contribution >= 0.6 is 11.3 Å². The van der Waals surface area contributed by atoms with Crippen LogP contribution in [0.2, 0.25) is 0 Å². The summed E-state index contributed by atoms with van der Waals surface area (Å²) in [5.41, 5.74) is 6.44. The minimum Gasteiger partial charge on any atom is -0.497 e. The Hall–Kier alpha value is -4.13. The van der Waals surface area contributed by atoms with Gasteiger partial charge in [-0.25, -0.2) is 30.2 Å². The predicted molar refractivity (Wildman–Crippen MR) is 203 cm³/mol. The van der Waals surface area contributed by atoms with Crippen LogP contribution < -0.4 is 15.4 Å². The van der Waals surface area contributed by atoms with Crippen LogP contribution in [0, 0.1) is 0 Å². The average molecular weight is 821 g/mol. The van der Waals surface area contributed by atoms with Crippen LogP contribution in [0.3, 0.4) is 0 Å². The highest BCUT2D eigenvalue weighted by Gasteiger charge is 2.60. The number of rotatable bonds is 12. The maximum Gasteiger partial charge on any atom is 0.251 e. The first-order valence-electron chi connectivity index (χ1n) is 16.9. The summed E-state index contributed by atoms with van der Waals surface area (Å²) >= 11 is 1.09. The number of carbonyl (C=O) groups is 2. The lowest BCUT2D eigenvalue weighted by molar-refractivity contribution is -0.123. The molecule has 2 aromatic carbocycles. The normalized spacial score (nSPS) is 15.9. The zero-order valence-electron chi connectivity index (χ0n) is 31.2. The number of nitrogens with zero attached hydrogens (tertiary/aromatic N) is 3. The number of nitrogens with two attached hydrogens (primary N) is 1. The van der Waals surface area contributed by atoms with Crippen molar-refractivity contribution in [1.29, 1.82) is 0 Å². The van der Waals surface area contributed by atoms with Gasteiger partial charge in [-0.1, -0.05) is 25.9 Å². The number of thiazole rings is 1. The van der Waals surface area contributed by atoms with Crippen LogP contribution in [0.25, 0.3) is 0 Å². The summed E-state index contributed by atoms with van der Waals surface area (Å²) in [5.74, 6) is -2.53. The number of methoxy groups -OCH3 is 1. The molecule has 1 aliphatic rings. The summed E-state index contributed by atoms with van der Waals surface area (Å²) in [5, 5.41) is 4.16. The fourth-order valence-electron chi connectivity index (χ4n) is 6.14. The third-order valence-corrected chi connectivity index (χ3v) is 16.9. The number of aryl methyl sites for hydroxylation is 2. The summed E-state index contributed by atoms with van der Waals surface area (Å²) < 4.78 is 89.1. The number of fused-ring (bicyclic) bond motifs is 1. The van der Waals surface area contributed by atoms with Crippen LogP contribution in [0.15, 0.2) is 73.8 Å². The van der Waals surface area contributed by atoms with Crippen molar-refractivity contribution in [3.63, 3.8) is 0 Å². The quantitative estimate of drug-likeness (QED) is 0.205. The van der Waals surface area contributed by atoms with Crippen molar-refractivity contribution in [2.45, 2.75) is 103 Å². The van der Waals surface area contributed by atoms with E-state index >= 15 is 4.79 Å². The maximum atomic E-state index is 15.3. The number of anilines is 1. The zero-order chi connectivity index (χ0) is 40.2. The third-order valence-electron chi connectivity index (χ3n) is 9.76. The van der Waals surface area contributed by atoms with Crippen LogP contribution in [0.5, 0.6) is 5.75 Å². The number of carbonyl (C=O) groups excluding carboxylic acids is 2. The summed E-state index contributed by atoms with van der Waals surface area (Å²) in [7, 11) is -11.9. The molecule has 0 saturated carbocycles. The van der Waals surface area contributed by atoms with Crippen LogP contribution in [0.1, 0.15) is 81.7 Å². The first kappa shape index (κ1) is 41.0. The molecule has 2 amide bonds. The summed E-state index contributed by atoms with van der Waals surface area (Å²) in [4.78, 5) is 34.9. The second kappa shape index (κ2) is 14.2. The third kappa shape index (κ3) is 7.08. The lowest BCUT2D eigenvalue weighted by atomic mass is 9.92. The monoisotopic (exact) mass is 820 g/mol. The largest absolute Gasteiger partial charge is 0.497 e. The van der Waals surface area contributed by atoms with E-state index in [4.69, 9.17) is 20.0 Å². The summed E-state index contributed by atoms with van der Waals surface area (Å²) in [6.45, 7) is 8.86. The van der Waals surface area contributed by atoms with Gasteiger partial charge in [0.15, 0.2) is 34.3 Å². The Morgan fingerprint density at radius 2 is 1.39 bits per heavy atom. The molecule has 0 spiro atoms. The van der Waals surface area contributed by atoms with E-state index in [2.05, 4.69) is 5.16 Å². The highest BCUT2D eigenvalue weighted by Crippen LogP contribution is 2.47. The molecule has 54 heavy (non-hydrogen) atoms. The molecule has 1 aliphatic carbocycles. The molecule has 2 heterocycles. The Balaban J connectivity index is 1.85. The lowest BCUT2D eigenvalue weighted by Gasteiger charge is -2.41. The van der Waals surface area contributed by atoms with Gasteiger partial charge in [-0.3, -0.25) is 14.5 Å². The van der Waals surface area contributed by atoms with Crippen molar-refractivity contribution in [3.05, 3.63) is 75.9 Å². The number of ether oxygens (including phenoxy) is 1. The fraction of sp³-hybridized carbons (Fsp3) is 0.444. The smallest absolute Gasteiger partial charge is 0.251 e. The van der Waals surface area contributed by atoms with E-state index in [1.807, 2.05) is 20.8 Å². The first-order valence-corrected chi connectivity index (χ1v) is 22.6. The minimum absolute atomic E-state index is 0.000708. The van der Waals surface area contributed by atoms with E-state index in [1.165, 1.54) is 51.3 Å². The molecule has 2 N–H and O–H groups in total. The van der Waals surface area contributed by atoms with Crippen molar-refractivity contribution in [1.82, 2.24) is 10.1 Å². The summed E-state index contributed by atoms with van der Waals surface area (Å²) in [6, 6.07) is 9.13. The Kier molecular flexibility index (Phi) is 10.8. The van der Waals surface area contributed by atoms with Gasteiger partial charge >= 0.3 is 0 Å². The standard InChI is InChI=1S/C36H44N4O10S4/c1-34(2,3)28-21-29(50-39-28)40(33(42)35(4,5)53(45,46)24-15-13-22(49-7)14-16-24)30(31-38-26-11-9-10-12-27(26)51-31)36(6,32(37)41)54(47,48)25-19-17-23(18-20-25)52(8,43)44/h13-21,30H,9-12H2,1-8H3,(H2,37,41). The van der Waals surface area contributed by atoms with Gasteiger partial charge in [0.05, 0.1) is 33.2 Å². The molecular weight excluding hydrogens is 777 g/mol. The van der Waals surface area contributed by atoms with Crippen LogP contribution in [-0.2, 0) is 57.4 Å². The highest BCUT2D eigenvalue weighted by atomic mass is 32.2. The fourth-order valence-corrected chi connectivity index (χ4v) is 11.4. The van der Waals surface area contributed by atoms with E-state index in [-0.39, 0.29) is 20.7 Å². The number of primary amides is 1. The molecule has 0 fully saturated rings. The van der Waals surface area contributed by atoms with Crippen molar-refractivity contribution < 1.29 is 44.1 Å². The van der Waals surface area contributed by atoms with E-state index in [0.717, 1.165) is 71.4 Å². The van der Waals surface area contributed by atoms with Gasteiger partial charge in [0.2, 0.25) is 11.8 Å². The van der Waals surface area contributed by atoms with E-state index < -0.39 is 67.2 Å². The molecule has 292 valence electrons. The topological polar surface area (TPSA) is 214 Å². The second-order valence-electron chi connectivity index (χ2n) is 14.9. The Labute approximate surface area is 319 Å². The van der Waals surface area contributed by atoms with Crippen molar-refractivity contribution in [2.75, 3.05) is 18.3 Å². The summed E-state index contributed by atoms with van der Waals surface area (Å²) in [6.07, 6.45) is 3.73. The molecule has 0 aliphatic heterocycles. The van der Waals surface area contributed by atoms with E-state index in [1.54, 1.807) is 0 Å². The van der Waals surface area contributed by atoms with Gasteiger partial charge in [-0.2, -0.15) is 0 Å². The minimum atomic E-state index is -4.98. The van der Waals surface area contributed by atoms with Gasteiger partial charge in [0, 0.05) is 22.6 Å². The molecule has 2 atom stereocenters. The lowest BCUT2D eigenvalue weighted by Crippen LogP contribution is -2.61. The van der Waals surface area contributed by atoms with E-state index in [9.17, 15) is 30.0 Å². The van der Waals surface area contributed by atoms with E-state index in [0.29, 0.717) is 30.0 Å². The molecule has 14 nitrogen and oxygen atoms in total. The Morgan fingerprint density at radius 3 is 1.89 bits per heavy atom. The number of hydrogen-bond donors (Lipinski definition) is 1. The molecule has 0 bridgehead atoms. The van der Waals surface area contributed by atoms with Gasteiger partial charge in [0.1, 0.15) is 21.5 Å². The number of sulfone groups is 3. The van der Waals surface area contributed by atoms with Gasteiger partial charge in [-0.15, -0.1) is 11.3 Å². The van der Waals surface area contributed by atoms with Gasteiger partial charge in [-0.05, 0) is 95.0 Å². The number of benzene rings is 2. The molecule has 5 rings (SSSR count). The van der Waals surface area contributed by atoms with Crippen molar-refractivity contribution in [3.8, 4) is 5.75 Å². The number of hydrogen-bond acceptors (Lipinski definition) is 13. The molecule has 0 radical (unpaired) electrons. The Morgan fingerprint density at radius 1 is 0.852 bits per heavy atom. The van der Waals surface area contributed by atoms with Crippen molar-refractivity contribution >= 4 is 58.5 Å². The number of aromatic nitrogens is 2. The highest BCUT2D eigenvalue weighted by molar-refractivity contribution is 7.94. The van der Waals surface area contributed by atoms with Gasteiger partial charge in [0.25, 0.3) is 5.91 Å².